The Hall–Kier alpha value is -1.91. The van der Waals surface area contributed by atoms with Crippen LogP contribution >= 0.6 is 0 Å². The molecule has 72 valence electrons. The molecule has 0 saturated heterocycles. The number of imidazole rings is 1. The van der Waals surface area contributed by atoms with Crippen LogP contribution in [0.15, 0.2) is 24.9 Å². The molecule has 2 aromatic heterocycles. The van der Waals surface area contributed by atoms with E-state index in [0.717, 1.165) is 11.3 Å². The zero-order valence-electron chi connectivity index (χ0n) is 7.77. The third kappa shape index (κ3) is 1.71. The molecule has 0 radical (unpaired) electrons. The van der Waals surface area contributed by atoms with Crippen LogP contribution in [0.25, 0.3) is 11.2 Å². The summed E-state index contributed by atoms with van der Waals surface area (Å²) >= 11 is 0. The van der Waals surface area contributed by atoms with Crippen molar-refractivity contribution in [3.63, 3.8) is 0 Å². The van der Waals surface area contributed by atoms with Crippen LogP contribution < -0.4 is 0 Å². The summed E-state index contributed by atoms with van der Waals surface area (Å²) in [5.74, 6) is 0.734. The minimum Gasteiger partial charge on any atom is -0.505 e. The number of hydrogen-bond acceptors (Lipinski definition) is 4. The fourth-order valence-electron chi connectivity index (χ4n) is 1.12. The van der Waals surface area contributed by atoms with Gasteiger partial charge in [0, 0.05) is 6.42 Å². The first-order chi connectivity index (χ1) is 6.90. The molecule has 0 unspecified atom stereocenters. The summed E-state index contributed by atoms with van der Waals surface area (Å²) in [6.07, 6.45) is 7.45. The fraction of sp³-hybridized carbons (Fsp3) is 0.222. The highest BCUT2D eigenvalue weighted by Gasteiger charge is 1.99. The number of hydrogen-bond donors (Lipinski definition) is 1. The SMILES string of the molecule is COC=CCc1ncc2[nH]cnc2n1. The van der Waals surface area contributed by atoms with Crippen LogP contribution in [0.5, 0.6) is 0 Å². The second-order valence-electron chi connectivity index (χ2n) is 2.74. The quantitative estimate of drug-likeness (QED) is 0.735. The van der Waals surface area contributed by atoms with Gasteiger partial charge in [0.1, 0.15) is 11.3 Å². The smallest absolute Gasteiger partial charge is 0.180 e. The first-order valence-electron chi connectivity index (χ1n) is 4.23. The van der Waals surface area contributed by atoms with Gasteiger partial charge >= 0.3 is 0 Å². The van der Waals surface area contributed by atoms with E-state index in [0.29, 0.717) is 12.1 Å². The zero-order valence-corrected chi connectivity index (χ0v) is 7.77. The summed E-state index contributed by atoms with van der Waals surface area (Å²) in [5, 5.41) is 0. The molecule has 0 saturated carbocycles. The van der Waals surface area contributed by atoms with E-state index in [1.807, 2.05) is 6.08 Å². The molecule has 0 bridgehead atoms. The van der Waals surface area contributed by atoms with Crippen molar-refractivity contribution in [3.8, 4) is 0 Å². The van der Waals surface area contributed by atoms with Crippen molar-refractivity contribution in [2.24, 2.45) is 0 Å². The van der Waals surface area contributed by atoms with E-state index >= 15 is 0 Å². The highest BCUT2D eigenvalue weighted by atomic mass is 16.5. The number of aromatic amines is 1. The molecule has 0 aliphatic rings. The Morgan fingerprint density at radius 3 is 3.29 bits per heavy atom. The molecular weight excluding hydrogens is 180 g/mol. The second kappa shape index (κ2) is 3.87. The molecule has 0 aromatic carbocycles. The van der Waals surface area contributed by atoms with Gasteiger partial charge in [0.2, 0.25) is 0 Å². The van der Waals surface area contributed by atoms with Crippen molar-refractivity contribution in [2.75, 3.05) is 7.11 Å². The van der Waals surface area contributed by atoms with Gasteiger partial charge in [0.15, 0.2) is 5.65 Å². The lowest BCUT2D eigenvalue weighted by Crippen LogP contribution is -1.92. The van der Waals surface area contributed by atoms with Crippen LogP contribution in [0.2, 0.25) is 0 Å². The standard InChI is InChI=1S/C9H10N4O/c1-14-4-2-3-8-10-5-7-9(13-8)12-6-11-7/h2,4-6H,3H2,1H3,(H,10,11,12,13). The van der Waals surface area contributed by atoms with Crippen LogP contribution in [0, 0.1) is 0 Å². The predicted octanol–water partition coefficient (Wildman–Crippen LogP) is 1.06. The van der Waals surface area contributed by atoms with Crippen LogP contribution in [0.3, 0.4) is 0 Å². The number of H-pyrrole nitrogens is 1. The number of fused-ring (bicyclic) bond motifs is 1. The van der Waals surface area contributed by atoms with Crippen molar-refractivity contribution in [1.82, 2.24) is 19.9 Å². The lowest BCUT2D eigenvalue weighted by atomic mass is 10.4. The number of methoxy groups -OCH3 is 1. The molecule has 2 heterocycles. The van der Waals surface area contributed by atoms with Crippen molar-refractivity contribution in [3.05, 3.63) is 30.7 Å². The summed E-state index contributed by atoms with van der Waals surface area (Å²) in [5.41, 5.74) is 1.55. The molecule has 0 aliphatic heterocycles. The average Bonchev–Trinajstić information content (AvgIpc) is 2.65. The number of ether oxygens (including phenoxy) is 1. The van der Waals surface area contributed by atoms with Crippen LogP contribution in [-0.2, 0) is 11.2 Å². The summed E-state index contributed by atoms with van der Waals surface area (Å²) < 4.78 is 4.78. The number of allylic oxidation sites excluding steroid dienone is 1. The summed E-state index contributed by atoms with van der Waals surface area (Å²) in [6, 6.07) is 0. The Labute approximate surface area is 80.9 Å². The Kier molecular flexibility index (Phi) is 2.40. The molecule has 0 atom stereocenters. The van der Waals surface area contributed by atoms with Gasteiger partial charge in [0.25, 0.3) is 0 Å². The van der Waals surface area contributed by atoms with Crippen molar-refractivity contribution in [2.45, 2.75) is 6.42 Å². The van der Waals surface area contributed by atoms with Crippen molar-refractivity contribution >= 4 is 11.2 Å². The first-order valence-corrected chi connectivity index (χ1v) is 4.23. The summed E-state index contributed by atoms with van der Waals surface area (Å²) in [6.45, 7) is 0. The highest BCUT2D eigenvalue weighted by Crippen LogP contribution is 2.04. The van der Waals surface area contributed by atoms with Gasteiger partial charge < -0.3 is 9.72 Å². The molecule has 1 N–H and O–H groups in total. The molecule has 14 heavy (non-hydrogen) atoms. The highest BCUT2D eigenvalue weighted by molar-refractivity contribution is 5.68. The van der Waals surface area contributed by atoms with Gasteiger partial charge in [-0.3, -0.25) is 0 Å². The van der Waals surface area contributed by atoms with E-state index in [1.54, 1.807) is 25.9 Å². The number of nitrogens with zero attached hydrogens (tertiary/aromatic N) is 3. The molecule has 2 aromatic rings. The maximum atomic E-state index is 4.78. The Balaban J connectivity index is 2.21. The van der Waals surface area contributed by atoms with Gasteiger partial charge in [0.05, 0.1) is 25.9 Å². The van der Waals surface area contributed by atoms with E-state index < -0.39 is 0 Å². The minimum atomic E-state index is 0.649. The van der Waals surface area contributed by atoms with Crippen LogP contribution in [-0.4, -0.2) is 27.0 Å². The van der Waals surface area contributed by atoms with Gasteiger partial charge in [-0.05, 0) is 6.08 Å². The van der Waals surface area contributed by atoms with Crippen LogP contribution in [0.4, 0.5) is 0 Å². The molecule has 5 heteroatoms. The van der Waals surface area contributed by atoms with Crippen molar-refractivity contribution < 1.29 is 4.74 Å². The van der Waals surface area contributed by atoms with Gasteiger partial charge in [-0.15, -0.1) is 0 Å². The molecule has 0 aliphatic carbocycles. The molecule has 0 fully saturated rings. The molecule has 0 amide bonds. The van der Waals surface area contributed by atoms with E-state index in [2.05, 4.69) is 19.9 Å². The molecule has 0 spiro atoms. The Bertz CT molecular complexity index is 449. The second-order valence-corrected chi connectivity index (χ2v) is 2.74. The summed E-state index contributed by atoms with van der Waals surface area (Å²) in [4.78, 5) is 15.4. The Morgan fingerprint density at radius 2 is 2.43 bits per heavy atom. The minimum absolute atomic E-state index is 0.649. The lowest BCUT2D eigenvalue weighted by molar-refractivity contribution is 0.336. The van der Waals surface area contributed by atoms with Crippen LogP contribution in [0.1, 0.15) is 5.82 Å². The van der Waals surface area contributed by atoms with Gasteiger partial charge in [-0.1, -0.05) is 0 Å². The average molecular weight is 190 g/mol. The first kappa shape index (κ1) is 8.68. The lowest BCUT2D eigenvalue weighted by Gasteiger charge is -1.93. The van der Waals surface area contributed by atoms with E-state index in [1.165, 1.54) is 0 Å². The molecular formula is C9H10N4O. The molecule has 5 nitrogen and oxygen atoms in total. The maximum absolute atomic E-state index is 4.78. The summed E-state index contributed by atoms with van der Waals surface area (Å²) in [7, 11) is 1.61. The van der Waals surface area contributed by atoms with E-state index in [4.69, 9.17) is 4.74 Å². The Morgan fingerprint density at radius 1 is 1.50 bits per heavy atom. The largest absolute Gasteiger partial charge is 0.505 e. The van der Waals surface area contributed by atoms with E-state index in [9.17, 15) is 0 Å². The topological polar surface area (TPSA) is 63.7 Å². The third-order valence-electron chi connectivity index (χ3n) is 1.76. The van der Waals surface area contributed by atoms with Crippen molar-refractivity contribution in [1.29, 1.82) is 0 Å². The number of rotatable bonds is 3. The zero-order chi connectivity index (χ0) is 9.80. The van der Waals surface area contributed by atoms with Gasteiger partial charge in [-0.25, -0.2) is 15.0 Å². The number of aromatic nitrogens is 4. The normalized spacial score (nSPS) is 11.2. The van der Waals surface area contributed by atoms with Gasteiger partial charge in [-0.2, -0.15) is 0 Å². The maximum Gasteiger partial charge on any atom is 0.180 e. The molecule has 2 rings (SSSR count). The van der Waals surface area contributed by atoms with E-state index in [-0.39, 0.29) is 0 Å². The fourth-order valence-corrected chi connectivity index (χ4v) is 1.12. The monoisotopic (exact) mass is 190 g/mol. The number of nitrogens with one attached hydrogen (secondary N) is 1. The predicted molar refractivity (Wildman–Crippen MR) is 51.5 cm³/mol. The third-order valence-corrected chi connectivity index (χ3v) is 1.76.